The molecular formula is C24H23N3O5S2. The molecule has 8 nitrogen and oxygen atoms in total. The van der Waals surface area contributed by atoms with Crippen LogP contribution in [0.3, 0.4) is 0 Å². The molecule has 4 rings (SSSR count). The van der Waals surface area contributed by atoms with Crippen LogP contribution < -0.4 is 14.8 Å². The fraction of sp³-hybridized carbons (Fsp3) is 0.167. The van der Waals surface area contributed by atoms with E-state index in [0.717, 1.165) is 20.8 Å². The number of hydrogen-bond acceptors (Lipinski definition) is 7. The summed E-state index contributed by atoms with van der Waals surface area (Å²) in [6.07, 6.45) is 0. The van der Waals surface area contributed by atoms with Crippen LogP contribution in [0.15, 0.2) is 71.6 Å². The number of benzene rings is 3. The smallest absolute Gasteiger partial charge is 0.261 e. The molecule has 0 aliphatic rings. The summed E-state index contributed by atoms with van der Waals surface area (Å²) in [6.45, 7) is 1.81. The summed E-state index contributed by atoms with van der Waals surface area (Å²) < 4.78 is 39.8. The van der Waals surface area contributed by atoms with Crippen molar-refractivity contribution in [1.29, 1.82) is 0 Å². The van der Waals surface area contributed by atoms with Gasteiger partial charge in [-0.2, -0.15) is 0 Å². The number of ether oxygens (including phenoxy) is 2. The molecule has 1 aromatic heterocycles. The van der Waals surface area contributed by atoms with Crippen molar-refractivity contribution in [2.75, 3.05) is 23.8 Å². The Morgan fingerprint density at radius 2 is 1.82 bits per heavy atom. The van der Waals surface area contributed by atoms with E-state index in [9.17, 15) is 13.2 Å². The standard InChI is InChI=1S/C24H23N3O5S2/c1-16-7-12-19(34(29,30)27-17-8-10-18(31-2)11-9-17)13-21(16)25-23(28)14-32-15-24-26-20-5-3-4-6-22(20)33-24/h3-13,27H,14-15H2,1-2H3,(H,25,28). The third-order valence-electron chi connectivity index (χ3n) is 4.93. The van der Waals surface area contributed by atoms with Gasteiger partial charge in [-0.3, -0.25) is 9.52 Å². The number of thiazole rings is 1. The van der Waals surface area contributed by atoms with Gasteiger partial charge in [-0.1, -0.05) is 18.2 Å². The maximum atomic E-state index is 12.8. The van der Waals surface area contributed by atoms with E-state index in [0.29, 0.717) is 17.1 Å². The Morgan fingerprint density at radius 1 is 1.06 bits per heavy atom. The zero-order chi connectivity index (χ0) is 24.1. The first kappa shape index (κ1) is 23.7. The molecule has 1 heterocycles. The minimum absolute atomic E-state index is 0.0274. The average molecular weight is 498 g/mol. The number of rotatable bonds is 9. The summed E-state index contributed by atoms with van der Waals surface area (Å²) in [4.78, 5) is 16.9. The van der Waals surface area contributed by atoms with Crippen LogP contribution in [-0.4, -0.2) is 33.0 Å². The number of methoxy groups -OCH3 is 1. The molecular weight excluding hydrogens is 474 g/mol. The second kappa shape index (κ2) is 10.2. The van der Waals surface area contributed by atoms with Crippen molar-refractivity contribution in [3.63, 3.8) is 0 Å². The highest BCUT2D eigenvalue weighted by Gasteiger charge is 2.17. The minimum Gasteiger partial charge on any atom is -0.497 e. The SMILES string of the molecule is COc1ccc(NS(=O)(=O)c2ccc(C)c(NC(=O)COCc3nc4ccccc4s3)c2)cc1. The zero-order valence-electron chi connectivity index (χ0n) is 18.6. The van der Waals surface area contributed by atoms with Crippen molar-refractivity contribution < 1.29 is 22.7 Å². The molecule has 0 unspecified atom stereocenters. The van der Waals surface area contributed by atoms with Gasteiger partial charge in [0.1, 0.15) is 17.4 Å². The van der Waals surface area contributed by atoms with Gasteiger partial charge in [-0.25, -0.2) is 13.4 Å². The molecule has 0 saturated carbocycles. The molecule has 1 amide bonds. The van der Waals surface area contributed by atoms with Crippen molar-refractivity contribution >= 4 is 48.9 Å². The lowest BCUT2D eigenvalue weighted by Crippen LogP contribution is -2.19. The van der Waals surface area contributed by atoms with E-state index < -0.39 is 10.0 Å². The number of nitrogens with zero attached hydrogens (tertiary/aromatic N) is 1. The van der Waals surface area contributed by atoms with Gasteiger partial charge in [0, 0.05) is 11.4 Å². The molecule has 0 spiro atoms. The van der Waals surface area contributed by atoms with Crippen molar-refractivity contribution in [1.82, 2.24) is 4.98 Å². The predicted octanol–water partition coefficient (Wildman–Crippen LogP) is 4.57. The van der Waals surface area contributed by atoms with Crippen LogP contribution in [0.25, 0.3) is 10.2 Å². The molecule has 0 bridgehead atoms. The average Bonchev–Trinajstić information content (AvgIpc) is 3.23. The maximum Gasteiger partial charge on any atom is 0.261 e. The number of amides is 1. The van der Waals surface area contributed by atoms with E-state index in [1.807, 2.05) is 24.3 Å². The Hall–Kier alpha value is -3.47. The number of para-hydroxylation sites is 1. The highest BCUT2D eigenvalue weighted by molar-refractivity contribution is 7.92. The fourth-order valence-electron chi connectivity index (χ4n) is 3.18. The van der Waals surface area contributed by atoms with Gasteiger partial charge in [0.25, 0.3) is 10.0 Å². The number of anilines is 2. The Morgan fingerprint density at radius 3 is 2.56 bits per heavy atom. The van der Waals surface area contributed by atoms with Gasteiger partial charge in [-0.05, 0) is 61.0 Å². The summed E-state index contributed by atoms with van der Waals surface area (Å²) in [5.41, 5.74) is 2.41. The molecule has 0 atom stereocenters. The van der Waals surface area contributed by atoms with Crippen LogP contribution in [0.1, 0.15) is 10.6 Å². The number of nitrogens with one attached hydrogen (secondary N) is 2. The third kappa shape index (κ3) is 5.71. The van der Waals surface area contributed by atoms with E-state index in [1.54, 1.807) is 37.3 Å². The summed E-state index contributed by atoms with van der Waals surface area (Å²) in [6, 6.07) is 18.9. The maximum absolute atomic E-state index is 12.8. The van der Waals surface area contributed by atoms with Gasteiger partial charge in [0.15, 0.2) is 0 Å². The highest BCUT2D eigenvalue weighted by Crippen LogP contribution is 2.24. The van der Waals surface area contributed by atoms with Crippen LogP contribution in [-0.2, 0) is 26.2 Å². The van der Waals surface area contributed by atoms with Gasteiger partial charge < -0.3 is 14.8 Å². The van der Waals surface area contributed by atoms with E-state index in [4.69, 9.17) is 9.47 Å². The lowest BCUT2D eigenvalue weighted by Gasteiger charge is -2.13. The molecule has 0 saturated heterocycles. The zero-order valence-corrected chi connectivity index (χ0v) is 20.2. The first-order valence-electron chi connectivity index (χ1n) is 10.3. The van der Waals surface area contributed by atoms with Crippen LogP contribution in [0.2, 0.25) is 0 Å². The second-order valence-corrected chi connectivity index (χ2v) is 10.2. The van der Waals surface area contributed by atoms with Crippen LogP contribution in [0.5, 0.6) is 5.75 Å². The summed E-state index contributed by atoms with van der Waals surface area (Å²) >= 11 is 1.51. The van der Waals surface area contributed by atoms with Crippen molar-refractivity contribution in [3.8, 4) is 5.75 Å². The van der Waals surface area contributed by atoms with Gasteiger partial charge in [0.05, 0.1) is 28.8 Å². The molecule has 176 valence electrons. The topological polar surface area (TPSA) is 107 Å². The molecule has 0 radical (unpaired) electrons. The molecule has 2 N–H and O–H groups in total. The molecule has 0 aliphatic heterocycles. The number of aryl methyl sites for hydroxylation is 1. The molecule has 0 aliphatic carbocycles. The number of aromatic nitrogens is 1. The fourth-order valence-corrected chi connectivity index (χ4v) is 5.16. The van der Waals surface area contributed by atoms with Gasteiger partial charge in [-0.15, -0.1) is 11.3 Å². The predicted molar refractivity (Wildman–Crippen MR) is 133 cm³/mol. The van der Waals surface area contributed by atoms with Crippen LogP contribution >= 0.6 is 11.3 Å². The minimum atomic E-state index is -3.85. The largest absolute Gasteiger partial charge is 0.497 e. The number of fused-ring (bicyclic) bond motifs is 1. The van der Waals surface area contributed by atoms with Crippen molar-refractivity contribution in [2.45, 2.75) is 18.4 Å². The quantitative estimate of drug-likeness (QED) is 0.351. The first-order valence-corrected chi connectivity index (χ1v) is 12.6. The molecule has 3 aromatic carbocycles. The number of sulfonamides is 1. The normalized spacial score (nSPS) is 11.4. The van der Waals surface area contributed by atoms with Crippen molar-refractivity contribution in [3.05, 3.63) is 77.3 Å². The van der Waals surface area contributed by atoms with E-state index in [1.165, 1.54) is 30.6 Å². The number of carbonyl (C=O) groups is 1. The lowest BCUT2D eigenvalue weighted by molar-refractivity contribution is -0.121. The van der Waals surface area contributed by atoms with Crippen molar-refractivity contribution in [2.24, 2.45) is 0 Å². The monoisotopic (exact) mass is 497 g/mol. The highest BCUT2D eigenvalue weighted by atomic mass is 32.2. The number of carbonyl (C=O) groups excluding carboxylic acids is 1. The Kier molecular flexibility index (Phi) is 7.11. The molecule has 10 heteroatoms. The molecule has 34 heavy (non-hydrogen) atoms. The van der Waals surface area contributed by atoms with Crippen LogP contribution in [0.4, 0.5) is 11.4 Å². The summed E-state index contributed by atoms with van der Waals surface area (Å²) in [5.74, 6) is 0.232. The van der Waals surface area contributed by atoms with Gasteiger partial charge in [0.2, 0.25) is 5.91 Å². The van der Waals surface area contributed by atoms with E-state index in [2.05, 4.69) is 15.0 Å². The second-order valence-electron chi connectivity index (χ2n) is 7.43. The van der Waals surface area contributed by atoms with Gasteiger partial charge >= 0.3 is 0 Å². The number of hydrogen-bond donors (Lipinski definition) is 2. The van der Waals surface area contributed by atoms with Crippen LogP contribution in [0, 0.1) is 6.92 Å². The summed E-state index contributed by atoms with van der Waals surface area (Å²) in [5, 5.41) is 3.51. The Bertz CT molecular complexity index is 1380. The summed E-state index contributed by atoms with van der Waals surface area (Å²) in [7, 11) is -2.32. The van der Waals surface area contributed by atoms with E-state index >= 15 is 0 Å². The lowest BCUT2D eigenvalue weighted by atomic mass is 10.2. The Labute approximate surface area is 201 Å². The Balaban J connectivity index is 1.38. The third-order valence-corrected chi connectivity index (χ3v) is 7.32. The van der Waals surface area contributed by atoms with E-state index in [-0.39, 0.29) is 24.0 Å². The first-order chi connectivity index (χ1) is 16.3. The molecule has 0 fully saturated rings. The molecule has 4 aromatic rings.